The number of anilines is 1. The summed E-state index contributed by atoms with van der Waals surface area (Å²) in [5.74, 6) is -0.906. The standard InChI is InChI=1S/C19H15N3O4S/c1-9-13(17(23)25-3)14-15(27-9)19(11(8-20)16(21)26-14)10-6-4-5-7-12(10)22(2)18(19)24/h4-7H,21H2,1-3H3/t19-/m0/s1. The van der Waals surface area contributed by atoms with Gasteiger partial charge in [-0.25, -0.2) is 4.79 Å². The van der Waals surface area contributed by atoms with Gasteiger partial charge in [0.2, 0.25) is 11.8 Å². The number of rotatable bonds is 1. The molecule has 4 rings (SSSR count). The van der Waals surface area contributed by atoms with Crippen LogP contribution in [0.15, 0.2) is 35.7 Å². The molecular formula is C19H15N3O4S. The monoisotopic (exact) mass is 381 g/mol. The van der Waals surface area contributed by atoms with Crippen molar-refractivity contribution in [3.63, 3.8) is 0 Å². The highest BCUT2D eigenvalue weighted by Crippen LogP contribution is 2.58. The van der Waals surface area contributed by atoms with E-state index in [4.69, 9.17) is 15.2 Å². The molecule has 1 spiro atoms. The van der Waals surface area contributed by atoms with E-state index in [1.54, 1.807) is 26.1 Å². The second kappa shape index (κ2) is 5.59. The van der Waals surface area contributed by atoms with Crippen LogP contribution in [0.5, 0.6) is 5.75 Å². The Balaban J connectivity index is 2.16. The van der Waals surface area contributed by atoms with Crippen LogP contribution in [0.3, 0.4) is 0 Å². The number of para-hydroxylation sites is 1. The summed E-state index contributed by atoms with van der Waals surface area (Å²) in [6.45, 7) is 1.74. The molecule has 0 saturated carbocycles. The van der Waals surface area contributed by atoms with Gasteiger partial charge in [0, 0.05) is 23.2 Å². The van der Waals surface area contributed by atoms with Crippen LogP contribution in [-0.4, -0.2) is 26.0 Å². The first-order valence-corrected chi connectivity index (χ1v) is 8.89. The van der Waals surface area contributed by atoms with Crippen molar-refractivity contribution in [2.45, 2.75) is 12.3 Å². The summed E-state index contributed by atoms with van der Waals surface area (Å²) in [5.41, 5.74) is 6.19. The molecule has 2 N–H and O–H groups in total. The lowest BCUT2D eigenvalue weighted by atomic mass is 9.72. The zero-order valence-electron chi connectivity index (χ0n) is 14.8. The summed E-state index contributed by atoms with van der Waals surface area (Å²) < 4.78 is 10.5. The van der Waals surface area contributed by atoms with Gasteiger partial charge in [0.05, 0.1) is 12.0 Å². The van der Waals surface area contributed by atoms with Crippen molar-refractivity contribution in [2.75, 3.05) is 19.1 Å². The summed E-state index contributed by atoms with van der Waals surface area (Å²) in [4.78, 5) is 28.4. The predicted molar refractivity (Wildman–Crippen MR) is 98.5 cm³/mol. The highest BCUT2D eigenvalue weighted by Gasteiger charge is 2.60. The Morgan fingerprint density at radius 1 is 1.41 bits per heavy atom. The third-order valence-electron chi connectivity index (χ3n) is 5.01. The third-order valence-corrected chi connectivity index (χ3v) is 6.22. The molecule has 0 fully saturated rings. The maximum absolute atomic E-state index is 13.5. The van der Waals surface area contributed by atoms with Crippen LogP contribution in [0.4, 0.5) is 5.69 Å². The number of amides is 1. The third kappa shape index (κ3) is 1.89. The SMILES string of the molecule is COC(=O)c1c(C)sc2c1OC(N)=C(C#N)[C@]21C(=O)N(C)c2ccccc21. The van der Waals surface area contributed by atoms with Crippen LogP contribution < -0.4 is 15.4 Å². The van der Waals surface area contributed by atoms with Crippen molar-refractivity contribution < 1.29 is 19.1 Å². The van der Waals surface area contributed by atoms with Gasteiger partial charge in [-0.15, -0.1) is 11.3 Å². The molecule has 0 bridgehead atoms. The first kappa shape index (κ1) is 17.1. The molecule has 2 aromatic rings. The van der Waals surface area contributed by atoms with E-state index in [0.29, 0.717) is 21.0 Å². The largest absolute Gasteiger partial charge is 0.465 e. The van der Waals surface area contributed by atoms with Crippen LogP contribution in [0, 0.1) is 18.3 Å². The van der Waals surface area contributed by atoms with Crippen LogP contribution >= 0.6 is 11.3 Å². The fraction of sp³-hybridized carbons (Fsp3) is 0.211. The molecule has 2 aliphatic rings. The maximum Gasteiger partial charge on any atom is 0.342 e. The Bertz CT molecular complexity index is 1090. The quantitative estimate of drug-likeness (QED) is 0.759. The minimum atomic E-state index is -1.43. The molecule has 0 radical (unpaired) electrons. The number of nitriles is 1. The zero-order valence-corrected chi connectivity index (χ0v) is 15.6. The molecule has 0 unspecified atom stereocenters. The summed E-state index contributed by atoms with van der Waals surface area (Å²) in [6, 6.07) is 9.29. The number of carbonyl (C=O) groups excluding carboxylic acids is 2. The van der Waals surface area contributed by atoms with Gasteiger partial charge in [-0.05, 0) is 13.0 Å². The lowest BCUT2D eigenvalue weighted by molar-refractivity contribution is -0.120. The average molecular weight is 381 g/mol. The molecule has 8 heteroatoms. The molecule has 1 aromatic carbocycles. The van der Waals surface area contributed by atoms with Crippen molar-refractivity contribution >= 4 is 28.9 Å². The van der Waals surface area contributed by atoms with Crippen molar-refractivity contribution in [3.8, 4) is 11.8 Å². The number of aryl methyl sites for hydroxylation is 1. The molecule has 27 heavy (non-hydrogen) atoms. The van der Waals surface area contributed by atoms with Crippen molar-refractivity contribution in [3.05, 3.63) is 56.6 Å². The lowest BCUT2D eigenvalue weighted by Gasteiger charge is -2.32. The van der Waals surface area contributed by atoms with Crippen LogP contribution in [0.25, 0.3) is 0 Å². The number of hydrogen-bond acceptors (Lipinski definition) is 7. The highest BCUT2D eigenvalue weighted by molar-refractivity contribution is 7.13. The van der Waals surface area contributed by atoms with Crippen LogP contribution in [0.2, 0.25) is 0 Å². The Hall–Kier alpha value is -3.31. The number of nitrogens with zero attached hydrogens (tertiary/aromatic N) is 2. The summed E-state index contributed by atoms with van der Waals surface area (Å²) >= 11 is 1.23. The molecule has 1 atom stereocenters. The van der Waals surface area contributed by atoms with Gasteiger partial charge in [0.25, 0.3) is 0 Å². The predicted octanol–water partition coefficient (Wildman–Crippen LogP) is 2.19. The molecule has 0 saturated heterocycles. The number of nitrogens with two attached hydrogens (primary N) is 1. The Morgan fingerprint density at radius 3 is 2.78 bits per heavy atom. The zero-order chi connectivity index (χ0) is 19.5. The minimum Gasteiger partial charge on any atom is -0.465 e. The number of fused-ring (bicyclic) bond motifs is 4. The van der Waals surface area contributed by atoms with E-state index in [0.717, 1.165) is 0 Å². The Morgan fingerprint density at radius 2 is 2.11 bits per heavy atom. The second-order valence-electron chi connectivity index (χ2n) is 6.27. The normalized spacial score (nSPS) is 20.2. The van der Waals surface area contributed by atoms with Crippen molar-refractivity contribution in [1.82, 2.24) is 0 Å². The van der Waals surface area contributed by atoms with Gasteiger partial charge < -0.3 is 20.1 Å². The minimum absolute atomic E-state index is 0.0227. The van der Waals surface area contributed by atoms with E-state index in [1.807, 2.05) is 12.1 Å². The van der Waals surface area contributed by atoms with Gasteiger partial charge in [-0.2, -0.15) is 5.26 Å². The number of ether oxygens (including phenoxy) is 2. The van der Waals surface area contributed by atoms with E-state index in [1.165, 1.54) is 23.3 Å². The summed E-state index contributed by atoms with van der Waals surface area (Å²) in [5, 5.41) is 9.85. The second-order valence-corrected chi connectivity index (χ2v) is 7.49. The number of esters is 1. The average Bonchev–Trinajstić information content (AvgIpc) is 3.10. The summed E-state index contributed by atoms with van der Waals surface area (Å²) in [7, 11) is 2.92. The molecule has 0 aliphatic carbocycles. The van der Waals surface area contributed by atoms with Gasteiger partial charge in [-0.3, -0.25) is 4.79 Å². The molecular weight excluding hydrogens is 366 g/mol. The van der Waals surface area contributed by atoms with Crippen molar-refractivity contribution in [2.24, 2.45) is 5.73 Å². The number of likely N-dealkylation sites (N-methyl/N-ethyl adjacent to an activating group) is 1. The Labute approximate surface area is 159 Å². The summed E-state index contributed by atoms with van der Waals surface area (Å²) in [6.07, 6.45) is 0. The molecule has 7 nitrogen and oxygen atoms in total. The Kier molecular flexibility index (Phi) is 3.55. The van der Waals surface area contributed by atoms with Gasteiger partial charge in [0.15, 0.2) is 11.2 Å². The van der Waals surface area contributed by atoms with E-state index in [9.17, 15) is 14.9 Å². The van der Waals surface area contributed by atoms with Gasteiger partial charge >= 0.3 is 5.97 Å². The molecule has 2 aliphatic heterocycles. The smallest absolute Gasteiger partial charge is 0.342 e. The van der Waals surface area contributed by atoms with Crippen LogP contribution in [-0.2, 0) is 14.9 Å². The molecule has 136 valence electrons. The lowest BCUT2D eigenvalue weighted by Crippen LogP contribution is -2.44. The fourth-order valence-corrected chi connectivity index (χ4v) is 5.10. The van der Waals surface area contributed by atoms with E-state index < -0.39 is 11.4 Å². The van der Waals surface area contributed by atoms with Crippen molar-refractivity contribution in [1.29, 1.82) is 5.26 Å². The number of carbonyl (C=O) groups is 2. The number of benzene rings is 1. The molecule has 3 heterocycles. The first-order valence-electron chi connectivity index (χ1n) is 8.07. The number of hydrogen-bond donors (Lipinski definition) is 1. The maximum atomic E-state index is 13.5. The van der Waals surface area contributed by atoms with Gasteiger partial charge in [0.1, 0.15) is 17.2 Å². The molecule has 1 amide bonds. The highest BCUT2D eigenvalue weighted by atomic mass is 32.1. The van der Waals surface area contributed by atoms with E-state index >= 15 is 0 Å². The number of thiophene rings is 1. The molecule has 1 aromatic heterocycles. The van der Waals surface area contributed by atoms with Crippen LogP contribution in [0.1, 0.15) is 25.7 Å². The fourth-order valence-electron chi connectivity index (χ4n) is 3.83. The van der Waals surface area contributed by atoms with E-state index in [2.05, 4.69) is 6.07 Å². The van der Waals surface area contributed by atoms with E-state index in [-0.39, 0.29) is 28.7 Å². The van der Waals surface area contributed by atoms with Gasteiger partial charge in [-0.1, -0.05) is 18.2 Å². The number of methoxy groups -OCH3 is 1. The first-order chi connectivity index (χ1) is 12.9. The topological polar surface area (TPSA) is 106 Å².